The van der Waals surface area contributed by atoms with Crippen LogP contribution in [0.4, 0.5) is 0 Å². The zero-order chi connectivity index (χ0) is 12.0. The van der Waals surface area contributed by atoms with E-state index in [0.29, 0.717) is 12.2 Å². The van der Waals surface area contributed by atoms with E-state index in [-0.39, 0.29) is 5.92 Å². The molecule has 1 aromatic carbocycles. The van der Waals surface area contributed by atoms with Crippen molar-refractivity contribution in [2.75, 3.05) is 7.11 Å². The van der Waals surface area contributed by atoms with Gasteiger partial charge in [-0.05, 0) is 24.5 Å². The van der Waals surface area contributed by atoms with Crippen molar-refractivity contribution in [1.82, 2.24) is 0 Å². The van der Waals surface area contributed by atoms with Crippen LogP contribution in [0.1, 0.15) is 32.3 Å². The van der Waals surface area contributed by atoms with Crippen LogP contribution in [0.2, 0.25) is 0 Å². The second kappa shape index (κ2) is 6.31. The summed E-state index contributed by atoms with van der Waals surface area (Å²) in [4.78, 5) is 11.7. The molecule has 1 atom stereocenters. The minimum Gasteiger partial charge on any atom is -0.496 e. The van der Waals surface area contributed by atoms with Gasteiger partial charge in [-0.1, -0.05) is 32.0 Å². The highest BCUT2D eigenvalue weighted by Gasteiger charge is 2.14. The number of rotatable bonds is 6. The lowest BCUT2D eigenvalue weighted by Gasteiger charge is -2.12. The van der Waals surface area contributed by atoms with Gasteiger partial charge in [-0.2, -0.15) is 0 Å². The van der Waals surface area contributed by atoms with Crippen LogP contribution in [0.3, 0.4) is 0 Å². The van der Waals surface area contributed by atoms with Gasteiger partial charge < -0.3 is 4.74 Å². The van der Waals surface area contributed by atoms with Crippen LogP contribution in [0.25, 0.3) is 0 Å². The number of ether oxygens (including phenoxy) is 1. The zero-order valence-electron chi connectivity index (χ0n) is 10.3. The van der Waals surface area contributed by atoms with Crippen molar-refractivity contribution in [2.45, 2.75) is 33.1 Å². The van der Waals surface area contributed by atoms with E-state index in [1.165, 1.54) is 0 Å². The molecule has 88 valence electrons. The lowest BCUT2D eigenvalue weighted by molar-refractivity contribution is -0.122. The molecule has 0 spiro atoms. The summed E-state index contributed by atoms with van der Waals surface area (Å²) >= 11 is 0. The molecule has 1 rings (SSSR count). The smallest absolute Gasteiger partial charge is 0.136 e. The number of carbonyl (C=O) groups is 1. The Morgan fingerprint density at radius 3 is 2.69 bits per heavy atom. The first-order valence-corrected chi connectivity index (χ1v) is 5.83. The second-order valence-electron chi connectivity index (χ2n) is 4.13. The largest absolute Gasteiger partial charge is 0.496 e. The molecule has 0 heterocycles. The SMILES string of the molecule is CCCC(=O)C(C)Cc1ccccc1OC. The van der Waals surface area contributed by atoms with E-state index in [2.05, 4.69) is 0 Å². The maximum Gasteiger partial charge on any atom is 0.136 e. The molecule has 0 aromatic heterocycles. The summed E-state index contributed by atoms with van der Waals surface area (Å²) in [5.41, 5.74) is 1.11. The fourth-order valence-electron chi connectivity index (χ4n) is 1.81. The number of methoxy groups -OCH3 is 1. The number of ketones is 1. The van der Waals surface area contributed by atoms with Crippen LogP contribution in [-0.2, 0) is 11.2 Å². The van der Waals surface area contributed by atoms with Crippen molar-refractivity contribution >= 4 is 5.78 Å². The molecule has 0 saturated carbocycles. The van der Waals surface area contributed by atoms with Crippen LogP contribution < -0.4 is 4.74 Å². The molecular weight excluding hydrogens is 200 g/mol. The van der Waals surface area contributed by atoms with Crippen LogP contribution in [0.15, 0.2) is 24.3 Å². The molecule has 16 heavy (non-hydrogen) atoms. The summed E-state index contributed by atoms with van der Waals surface area (Å²) in [5.74, 6) is 1.29. The predicted molar refractivity (Wildman–Crippen MR) is 65.8 cm³/mol. The average Bonchev–Trinajstić information content (AvgIpc) is 2.30. The van der Waals surface area contributed by atoms with Gasteiger partial charge in [0.1, 0.15) is 11.5 Å². The highest BCUT2D eigenvalue weighted by Crippen LogP contribution is 2.21. The van der Waals surface area contributed by atoms with Gasteiger partial charge >= 0.3 is 0 Å². The standard InChI is InChI=1S/C14H20O2/c1-4-7-13(15)11(2)10-12-8-5-6-9-14(12)16-3/h5-6,8-9,11H,4,7,10H2,1-3H3. The fraction of sp³-hybridized carbons (Fsp3) is 0.500. The number of hydrogen-bond donors (Lipinski definition) is 0. The summed E-state index contributed by atoms with van der Waals surface area (Å²) in [6.45, 7) is 4.03. The highest BCUT2D eigenvalue weighted by molar-refractivity contribution is 5.80. The van der Waals surface area contributed by atoms with E-state index in [0.717, 1.165) is 24.2 Å². The maximum absolute atomic E-state index is 11.7. The molecule has 1 aromatic rings. The van der Waals surface area contributed by atoms with Crippen LogP contribution >= 0.6 is 0 Å². The molecule has 0 aliphatic heterocycles. The Bertz CT molecular complexity index is 344. The minimum atomic E-state index is 0.0799. The lowest BCUT2D eigenvalue weighted by atomic mass is 9.94. The van der Waals surface area contributed by atoms with Gasteiger partial charge in [-0.15, -0.1) is 0 Å². The number of hydrogen-bond acceptors (Lipinski definition) is 2. The van der Waals surface area contributed by atoms with Crippen molar-refractivity contribution in [1.29, 1.82) is 0 Å². The Hall–Kier alpha value is -1.31. The number of benzene rings is 1. The van der Waals surface area contributed by atoms with Gasteiger partial charge in [0.2, 0.25) is 0 Å². The molecule has 0 radical (unpaired) electrons. The topological polar surface area (TPSA) is 26.3 Å². The van der Waals surface area contributed by atoms with Gasteiger partial charge in [0.25, 0.3) is 0 Å². The van der Waals surface area contributed by atoms with E-state index in [9.17, 15) is 4.79 Å². The van der Waals surface area contributed by atoms with E-state index >= 15 is 0 Å². The fourth-order valence-corrected chi connectivity index (χ4v) is 1.81. The highest BCUT2D eigenvalue weighted by atomic mass is 16.5. The van der Waals surface area contributed by atoms with Crippen molar-refractivity contribution < 1.29 is 9.53 Å². The Morgan fingerprint density at radius 1 is 1.38 bits per heavy atom. The number of Topliss-reactive ketones (excluding diaryl/α,β-unsaturated/α-hetero) is 1. The first kappa shape index (κ1) is 12.8. The van der Waals surface area contributed by atoms with Gasteiger partial charge in [-0.3, -0.25) is 4.79 Å². The molecule has 2 heteroatoms. The molecular formula is C14H20O2. The minimum absolute atomic E-state index is 0.0799. The third kappa shape index (κ3) is 3.37. The number of carbonyl (C=O) groups excluding carboxylic acids is 1. The van der Waals surface area contributed by atoms with Crippen molar-refractivity contribution in [3.05, 3.63) is 29.8 Å². The Balaban J connectivity index is 2.68. The monoisotopic (exact) mass is 220 g/mol. The van der Waals surface area contributed by atoms with Gasteiger partial charge in [0, 0.05) is 12.3 Å². The van der Waals surface area contributed by atoms with Crippen LogP contribution in [0.5, 0.6) is 5.75 Å². The first-order chi connectivity index (χ1) is 7.69. The molecule has 0 saturated heterocycles. The molecule has 0 amide bonds. The molecule has 2 nitrogen and oxygen atoms in total. The Labute approximate surface area is 97.6 Å². The predicted octanol–water partition coefficient (Wildman–Crippen LogP) is 3.24. The van der Waals surface area contributed by atoms with E-state index < -0.39 is 0 Å². The van der Waals surface area contributed by atoms with E-state index in [1.807, 2.05) is 38.1 Å². The van der Waals surface area contributed by atoms with Gasteiger partial charge in [-0.25, -0.2) is 0 Å². The summed E-state index contributed by atoms with van der Waals surface area (Å²) in [5, 5.41) is 0. The summed E-state index contributed by atoms with van der Waals surface area (Å²) in [6.07, 6.45) is 2.37. The lowest BCUT2D eigenvalue weighted by Crippen LogP contribution is -2.13. The first-order valence-electron chi connectivity index (χ1n) is 5.83. The van der Waals surface area contributed by atoms with Crippen LogP contribution in [0, 0.1) is 5.92 Å². The van der Waals surface area contributed by atoms with Crippen molar-refractivity contribution in [2.24, 2.45) is 5.92 Å². The molecule has 0 fully saturated rings. The summed E-state index contributed by atoms with van der Waals surface area (Å²) < 4.78 is 5.27. The van der Waals surface area contributed by atoms with E-state index in [1.54, 1.807) is 7.11 Å². The normalized spacial score (nSPS) is 12.2. The van der Waals surface area contributed by atoms with Gasteiger partial charge in [0.05, 0.1) is 7.11 Å². The van der Waals surface area contributed by atoms with Crippen molar-refractivity contribution in [3.63, 3.8) is 0 Å². The number of para-hydroxylation sites is 1. The summed E-state index contributed by atoms with van der Waals surface area (Å²) in [6, 6.07) is 7.89. The molecule has 0 aliphatic carbocycles. The Morgan fingerprint density at radius 2 is 2.06 bits per heavy atom. The Kier molecular flexibility index (Phi) is 5.03. The third-order valence-corrected chi connectivity index (χ3v) is 2.76. The molecule has 1 unspecified atom stereocenters. The van der Waals surface area contributed by atoms with Gasteiger partial charge in [0.15, 0.2) is 0 Å². The molecule has 0 aliphatic rings. The molecule has 0 N–H and O–H groups in total. The quantitative estimate of drug-likeness (QED) is 0.735. The zero-order valence-corrected chi connectivity index (χ0v) is 10.3. The molecule has 0 bridgehead atoms. The van der Waals surface area contributed by atoms with E-state index in [4.69, 9.17) is 4.74 Å². The summed E-state index contributed by atoms with van der Waals surface area (Å²) in [7, 11) is 1.66. The third-order valence-electron chi connectivity index (χ3n) is 2.76. The van der Waals surface area contributed by atoms with Crippen molar-refractivity contribution in [3.8, 4) is 5.75 Å². The average molecular weight is 220 g/mol. The maximum atomic E-state index is 11.7. The second-order valence-corrected chi connectivity index (χ2v) is 4.13. The van der Waals surface area contributed by atoms with Crippen LogP contribution in [-0.4, -0.2) is 12.9 Å².